The van der Waals surface area contributed by atoms with Crippen molar-refractivity contribution >= 4 is 27.6 Å². The fourth-order valence-electron chi connectivity index (χ4n) is 7.20. The molecular weight excluding hydrogens is 442 g/mol. The minimum Gasteiger partial charge on any atom is -0.393 e. The minimum absolute atomic E-state index is 0.0404. The number of aliphatic hydroxyl groups excluding tert-OH is 1. The van der Waals surface area contributed by atoms with Crippen LogP contribution in [-0.4, -0.2) is 27.8 Å². The Balaban J connectivity index is 1.51. The first-order valence-electron chi connectivity index (χ1n) is 11.2. The third kappa shape index (κ3) is 2.88. The van der Waals surface area contributed by atoms with E-state index < -0.39 is 0 Å². The number of benzene rings is 1. The van der Waals surface area contributed by atoms with Crippen molar-refractivity contribution in [1.82, 2.24) is 4.90 Å². The summed E-state index contributed by atoms with van der Waals surface area (Å²) in [5.74, 6) is 1.09. The number of Topliss-reactive ketones (excluding diaryl/α,β-unsaturated/α-hetero) is 1. The SMILES string of the molecule is CC12CCC(=O)N(Cc3ccc(Br)cc3)C1=CC[C@@H]1[C@@H]2C(=O)CC2(C)[C@@H](O)CC[C@@H]12. The summed E-state index contributed by atoms with van der Waals surface area (Å²) in [5, 5.41) is 10.6. The predicted molar refractivity (Wildman–Crippen MR) is 118 cm³/mol. The lowest BCUT2D eigenvalue weighted by molar-refractivity contribution is -0.152. The second-order valence-electron chi connectivity index (χ2n) is 10.3. The fraction of sp³-hybridized carbons (Fsp3) is 0.600. The van der Waals surface area contributed by atoms with Gasteiger partial charge in [0.2, 0.25) is 5.91 Å². The van der Waals surface area contributed by atoms with Gasteiger partial charge < -0.3 is 10.0 Å². The molecule has 1 N–H and O–H groups in total. The van der Waals surface area contributed by atoms with Gasteiger partial charge in [-0.1, -0.05) is 48.0 Å². The molecule has 1 saturated heterocycles. The third-order valence-corrected chi connectivity index (χ3v) is 9.29. The molecule has 1 aliphatic heterocycles. The number of nitrogens with zero attached hydrogens (tertiary/aromatic N) is 1. The minimum atomic E-state index is -0.368. The number of carbonyl (C=O) groups is 2. The van der Waals surface area contributed by atoms with Crippen LogP contribution in [0.15, 0.2) is 40.5 Å². The molecule has 1 aromatic carbocycles. The first-order chi connectivity index (χ1) is 14.2. The van der Waals surface area contributed by atoms with E-state index in [-0.39, 0.29) is 34.7 Å². The maximum absolute atomic E-state index is 13.5. The average molecular weight is 472 g/mol. The van der Waals surface area contributed by atoms with Crippen molar-refractivity contribution in [2.75, 3.05) is 0 Å². The van der Waals surface area contributed by atoms with E-state index in [4.69, 9.17) is 0 Å². The first-order valence-corrected chi connectivity index (χ1v) is 12.0. The maximum atomic E-state index is 13.5. The highest BCUT2D eigenvalue weighted by atomic mass is 79.9. The van der Waals surface area contributed by atoms with Gasteiger partial charge in [-0.25, -0.2) is 0 Å². The Morgan fingerprint density at radius 2 is 1.90 bits per heavy atom. The quantitative estimate of drug-likeness (QED) is 0.670. The summed E-state index contributed by atoms with van der Waals surface area (Å²) in [7, 11) is 0. The Bertz CT molecular complexity index is 925. The zero-order valence-corrected chi connectivity index (χ0v) is 19.3. The van der Waals surface area contributed by atoms with Gasteiger partial charge in [0.15, 0.2) is 0 Å². The molecular formula is C25H30BrNO3. The van der Waals surface area contributed by atoms with Gasteiger partial charge in [-0.2, -0.15) is 0 Å². The second-order valence-corrected chi connectivity index (χ2v) is 11.3. The van der Waals surface area contributed by atoms with Crippen LogP contribution in [0.2, 0.25) is 0 Å². The van der Waals surface area contributed by atoms with Crippen molar-refractivity contribution in [1.29, 1.82) is 0 Å². The van der Waals surface area contributed by atoms with Crippen LogP contribution < -0.4 is 0 Å². The summed E-state index contributed by atoms with van der Waals surface area (Å²) in [4.78, 5) is 28.4. The van der Waals surface area contributed by atoms with Crippen molar-refractivity contribution in [3.8, 4) is 0 Å². The molecule has 3 aliphatic carbocycles. The number of carbonyl (C=O) groups excluding carboxylic acids is 2. The van der Waals surface area contributed by atoms with Crippen molar-refractivity contribution < 1.29 is 14.7 Å². The molecule has 5 heteroatoms. The van der Waals surface area contributed by atoms with Gasteiger partial charge in [-0.15, -0.1) is 0 Å². The average Bonchev–Trinajstić information content (AvgIpc) is 3.00. The number of rotatable bonds is 2. The molecule has 6 atom stereocenters. The molecule has 30 heavy (non-hydrogen) atoms. The Hall–Kier alpha value is -1.46. The molecule has 5 rings (SSSR count). The van der Waals surface area contributed by atoms with Gasteiger partial charge in [0.05, 0.1) is 12.6 Å². The first kappa shape index (κ1) is 20.4. The van der Waals surface area contributed by atoms with Gasteiger partial charge in [-0.05, 0) is 55.2 Å². The highest BCUT2D eigenvalue weighted by Gasteiger charge is 2.62. The van der Waals surface area contributed by atoms with E-state index in [1.807, 2.05) is 29.2 Å². The number of hydrogen-bond donors (Lipinski definition) is 1. The van der Waals surface area contributed by atoms with Crippen molar-refractivity contribution in [3.63, 3.8) is 0 Å². The molecule has 2 saturated carbocycles. The molecule has 1 heterocycles. The van der Waals surface area contributed by atoms with Gasteiger partial charge in [-0.3, -0.25) is 9.59 Å². The van der Waals surface area contributed by atoms with E-state index >= 15 is 0 Å². The van der Waals surface area contributed by atoms with E-state index in [0.29, 0.717) is 31.1 Å². The van der Waals surface area contributed by atoms with E-state index in [1.54, 1.807) is 0 Å². The monoisotopic (exact) mass is 471 g/mol. The van der Waals surface area contributed by atoms with Gasteiger partial charge >= 0.3 is 0 Å². The van der Waals surface area contributed by atoms with E-state index in [1.165, 1.54) is 0 Å². The Kier molecular flexibility index (Phi) is 4.79. The van der Waals surface area contributed by atoms with Crippen LogP contribution in [0.3, 0.4) is 0 Å². The van der Waals surface area contributed by atoms with E-state index in [9.17, 15) is 14.7 Å². The largest absolute Gasteiger partial charge is 0.393 e. The van der Waals surface area contributed by atoms with E-state index in [2.05, 4.69) is 35.9 Å². The topological polar surface area (TPSA) is 57.6 Å². The molecule has 0 aromatic heterocycles. The Labute approximate surface area is 186 Å². The third-order valence-electron chi connectivity index (χ3n) is 8.77. The highest BCUT2D eigenvalue weighted by molar-refractivity contribution is 9.10. The number of likely N-dealkylation sites (tertiary alicyclic amines) is 1. The summed E-state index contributed by atoms with van der Waals surface area (Å²) in [5.41, 5.74) is 1.58. The van der Waals surface area contributed by atoms with Gasteiger partial charge in [0.25, 0.3) is 0 Å². The number of aliphatic hydroxyl groups is 1. The van der Waals surface area contributed by atoms with Crippen LogP contribution in [0.5, 0.6) is 0 Å². The van der Waals surface area contributed by atoms with Crippen LogP contribution >= 0.6 is 15.9 Å². The number of ketones is 1. The van der Waals surface area contributed by atoms with Crippen LogP contribution in [-0.2, 0) is 16.1 Å². The summed E-state index contributed by atoms with van der Waals surface area (Å²) >= 11 is 3.47. The van der Waals surface area contributed by atoms with Gasteiger partial charge in [0.1, 0.15) is 5.78 Å². The zero-order valence-electron chi connectivity index (χ0n) is 17.7. The molecule has 2 unspecified atom stereocenters. The van der Waals surface area contributed by atoms with Crippen LogP contribution in [0, 0.1) is 28.6 Å². The smallest absolute Gasteiger partial charge is 0.227 e. The van der Waals surface area contributed by atoms with Crippen molar-refractivity contribution in [2.45, 2.75) is 65.0 Å². The lowest BCUT2D eigenvalue weighted by atomic mass is 9.49. The normalized spacial score (nSPS) is 40.5. The maximum Gasteiger partial charge on any atom is 0.227 e. The molecule has 160 valence electrons. The number of hydrogen-bond acceptors (Lipinski definition) is 3. The molecule has 0 spiro atoms. The molecule has 1 amide bonds. The Morgan fingerprint density at radius 1 is 1.17 bits per heavy atom. The zero-order chi connectivity index (χ0) is 21.3. The lowest BCUT2D eigenvalue weighted by Gasteiger charge is -2.57. The van der Waals surface area contributed by atoms with Crippen molar-refractivity contribution in [2.24, 2.45) is 28.6 Å². The number of allylic oxidation sites excluding steroid dienone is 2. The second kappa shape index (κ2) is 7.03. The predicted octanol–water partition coefficient (Wildman–Crippen LogP) is 4.85. The van der Waals surface area contributed by atoms with Gasteiger partial charge in [0, 0.05) is 39.8 Å². The standard InChI is InChI=1S/C25H30BrNO3/c1-24-12-11-22(30)27(14-15-3-5-16(26)6-4-15)20(24)9-7-17-18-8-10-21(29)25(18,2)13-19(28)23(17)24/h3-6,9,17-18,21,23,29H,7-8,10-14H2,1-2H3/t17-,18-,21-,23+,24?,25?/m0/s1. The summed E-state index contributed by atoms with van der Waals surface area (Å²) in [6.45, 7) is 4.89. The highest BCUT2D eigenvalue weighted by Crippen LogP contribution is 2.63. The molecule has 1 aromatic rings. The lowest BCUT2D eigenvalue weighted by Crippen LogP contribution is -2.57. The molecule has 4 nitrogen and oxygen atoms in total. The molecule has 3 fully saturated rings. The number of fused-ring (bicyclic) bond motifs is 5. The molecule has 0 radical (unpaired) electrons. The van der Waals surface area contributed by atoms with Crippen LogP contribution in [0.25, 0.3) is 0 Å². The van der Waals surface area contributed by atoms with Crippen molar-refractivity contribution in [3.05, 3.63) is 46.1 Å². The molecule has 0 bridgehead atoms. The van der Waals surface area contributed by atoms with Crippen LogP contribution in [0.4, 0.5) is 0 Å². The van der Waals surface area contributed by atoms with E-state index in [0.717, 1.165) is 41.4 Å². The summed E-state index contributed by atoms with van der Waals surface area (Å²) in [6, 6.07) is 8.11. The summed E-state index contributed by atoms with van der Waals surface area (Å²) in [6.07, 6.45) is 6.24. The fourth-order valence-corrected chi connectivity index (χ4v) is 7.47. The Morgan fingerprint density at radius 3 is 2.63 bits per heavy atom. The van der Waals surface area contributed by atoms with Crippen LogP contribution in [0.1, 0.15) is 57.9 Å². The number of halogens is 1. The summed E-state index contributed by atoms with van der Waals surface area (Å²) < 4.78 is 1.02. The number of piperidine rings is 1. The molecule has 4 aliphatic rings. The number of amides is 1.